The first-order valence-electron chi connectivity index (χ1n) is 7.19. The van der Waals surface area contributed by atoms with Crippen LogP contribution >= 0.6 is 23.2 Å². The van der Waals surface area contributed by atoms with Gasteiger partial charge in [-0.05, 0) is 30.3 Å². The minimum atomic E-state index is -0.645. The summed E-state index contributed by atoms with van der Waals surface area (Å²) in [6, 6.07) is 11.3. The Morgan fingerprint density at radius 2 is 1.72 bits per heavy atom. The van der Waals surface area contributed by atoms with Crippen LogP contribution in [0.3, 0.4) is 0 Å². The van der Waals surface area contributed by atoms with E-state index in [9.17, 15) is 14.7 Å². The van der Waals surface area contributed by atoms with Gasteiger partial charge in [0.25, 0.3) is 5.56 Å². The number of hydrogen-bond donors (Lipinski definition) is 2. The van der Waals surface area contributed by atoms with Crippen molar-refractivity contribution in [2.45, 2.75) is 0 Å². The first kappa shape index (κ1) is 15.7. The van der Waals surface area contributed by atoms with Gasteiger partial charge in [0.1, 0.15) is 11.3 Å². The van der Waals surface area contributed by atoms with E-state index in [1.807, 2.05) is 0 Å². The number of aromatic amines is 1. The van der Waals surface area contributed by atoms with Crippen molar-refractivity contribution in [1.82, 2.24) is 9.78 Å². The number of nitrogens with one attached hydrogen (secondary N) is 1. The van der Waals surface area contributed by atoms with Gasteiger partial charge in [0.05, 0.1) is 11.4 Å². The van der Waals surface area contributed by atoms with E-state index in [-0.39, 0.29) is 11.3 Å². The zero-order valence-electron chi connectivity index (χ0n) is 12.5. The molecule has 25 heavy (non-hydrogen) atoms. The number of Topliss-reactive ketones (excluding diaryl/α,β-unsaturated/α-hetero) is 1. The molecule has 124 valence electrons. The maximum absolute atomic E-state index is 12.5. The average Bonchev–Trinajstić information content (AvgIpc) is 3.04. The number of para-hydroxylation sites is 1. The Kier molecular flexibility index (Phi) is 3.52. The number of aromatic hydroxyl groups is 1. The molecule has 0 saturated carbocycles. The molecule has 0 spiro atoms. The maximum atomic E-state index is 12.5. The normalized spacial score (nSPS) is 13.0. The van der Waals surface area contributed by atoms with E-state index in [4.69, 9.17) is 23.2 Å². The number of fused-ring (bicyclic) bond motifs is 1. The van der Waals surface area contributed by atoms with E-state index >= 15 is 0 Å². The fourth-order valence-corrected chi connectivity index (χ4v) is 3.24. The van der Waals surface area contributed by atoms with Crippen LogP contribution in [-0.4, -0.2) is 26.4 Å². The molecule has 0 saturated heterocycles. The molecule has 0 aliphatic carbocycles. The third-order valence-electron chi connectivity index (χ3n) is 3.81. The molecule has 1 aromatic heterocycles. The second-order valence-corrected chi connectivity index (χ2v) is 6.28. The van der Waals surface area contributed by atoms with E-state index in [0.29, 0.717) is 27.0 Å². The Morgan fingerprint density at radius 3 is 2.40 bits per heavy atom. The first-order chi connectivity index (χ1) is 12.0. The van der Waals surface area contributed by atoms with E-state index < -0.39 is 17.2 Å². The highest BCUT2D eigenvalue weighted by Gasteiger charge is 2.31. The number of ketones is 1. The molecule has 2 N–H and O–H groups in total. The van der Waals surface area contributed by atoms with Gasteiger partial charge in [-0.1, -0.05) is 35.3 Å². The standard InChI is InChI=1S/C17H9Cl2N3O3/c18-8-5-9(19)7-10(6-8)22-17(25)13(16(24)21-22)14-15(23)11-3-1-2-4-12(11)20-14/h1-7,25H,(H,21,24). The number of nitrogens with zero attached hydrogens (tertiary/aromatic N) is 2. The summed E-state index contributed by atoms with van der Waals surface area (Å²) in [7, 11) is 0. The minimum absolute atomic E-state index is 0.105. The van der Waals surface area contributed by atoms with Gasteiger partial charge in [0, 0.05) is 15.6 Å². The fraction of sp³-hybridized carbons (Fsp3) is 0. The van der Waals surface area contributed by atoms with Gasteiger partial charge in [-0.15, -0.1) is 0 Å². The minimum Gasteiger partial charge on any atom is -0.493 e. The van der Waals surface area contributed by atoms with E-state index in [1.165, 1.54) is 18.2 Å². The van der Waals surface area contributed by atoms with Crippen LogP contribution in [0.15, 0.2) is 52.3 Å². The second-order valence-electron chi connectivity index (χ2n) is 5.41. The summed E-state index contributed by atoms with van der Waals surface area (Å²) >= 11 is 11.9. The summed E-state index contributed by atoms with van der Waals surface area (Å²) in [5.41, 5.74) is 0.245. The smallest absolute Gasteiger partial charge is 0.278 e. The second kappa shape index (κ2) is 5.61. The summed E-state index contributed by atoms with van der Waals surface area (Å²) in [5.74, 6) is -0.860. The van der Waals surface area contributed by atoms with Crippen LogP contribution in [-0.2, 0) is 0 Å². The van der Waals surface area contributed by atoms with Gasteiger partial charge >= 0.3 is 0 Å². The Labute approximate surface area is 150 Å². The molecule has 0 bridgehead atoms. The van der Waals surface area contributed by atoms with Crippen molar-refractivity contribution in [1.29, 1.82) is 0 Å². The number of carbonyl (C=O) groups is 1. The summed E-state index contributed by atoms with van der Waals surface area (Å²) in [6.07, 6.45) is 0. The molecule has 0 radical (unpaired) electrons. The molecular weight excluding hydrogens is 365 g/mol. The SMILES string of the molecule is O=C1C(c2c(O)n(-c3cc(Cl)cc(Cl)c3)[nH]c2=O)=Nc2ccccc21. The van der Waals surface area contributed by atoms with Crippen LogP contribution in [0.25, 0.3) is 5.69 Å². The van der Waals surface area contributed by atoms with Gasteiger partial charge in [-0.3, -0.25) is 14.7 Å². The van der Waals surface area contributed by atoms with Crippen molar-refractivity contribution in [2.75, 3.05) is 0 Å². The van der Waals surface area contributed by atoms with Crippen LogP contribution in [0, 0.1) is 0 Å². The van der Waals surface area contributed by atoms with Gasteiger partial charge in [0.15, 0.2) is 0 Å². The molecule has 0 amide bonds. The van der Waals surface area contributed by atoms with Crippen molar-refractivity contribution in [2.24, 2.45) is 4.99 Å². The molecule has 0 fully saturated rings. The van der Waals surface area contributed by atoms with Crippen molar-refractivity contribution >= 4 is 40.4 Å². The topological polar surface area (TPSA) is 87.5 Å². The lowest BCUT2D eigenvalue weighted by molar-refractivity contribution is 0.107. The Balaban J connectivity index is 1.88. The Hall–Kier alpha value is -2.83. The highest BCUT2D eigenvalue weighted by Crippen LogP contribution is 2.31. The molecule has 0 unspecified atom stereocenters. The van der Waals surface area contributed by atoms with Crippen LogP contribution in [0.2, 0.25) is 10.0 Å². The number of carbonyl (C=O) groups excluding carboxylic acids is 1. The number of benzene rings is 2. The van der Waals surface area contributed by atoms with Crippen molar-refractivity contribution in [3.63, 3.8) is 0 Å². The highest BCUT2D eigenvalue weighted by atomic mass is 35.5. The summed E-state index contributed by atoms with van der Waals surface area (Å²) < 4.78 is 1.11. The number of hydrogen-bond acceptors (Lipinski definition) is 4. The molecule has 2 heterocycles. The van der Waals surface area contributed by atoms with Gasteiger partial charge in [-0.25, -0.2) is 9.67 Å². The Bertz CT molecular complexity index is 1110. The first-order valence-corrected chi connectivity index (χ1v) is 7.94. The van der Waals surface area contributed by atoms with Crippen molar-refractivity contribution < 1.29 is 9.90 Å². The predicted octanol–water partition coefficient (Wildman–Crippen LogP) is 3.50. The number of aromatic nitrogens is 2. The van der Waals surface area contributed by atoms with E-state index in [2.05, 4.69) is 10.1 Å². The van der Waals surface area contributed by atoms with Gasteiger partial charge in [-0.2, -0.15) is 0 Å². The molecule has 0 atom stereocenters. The average molecular weight is 374 g/mol. The lowest BCUT2D eigenvalue weighted by Gasteiger charge is -2.06. The van der Waals surface area contributed by atoms with Crippen molar-refractivity contribution in [3.8, 4) is 11.6 Å². The Morgan fingerprint density at radius 1 is 1.04 bits per heavy atom. The quantitative estimate of drug-likeness (QED) is 0.720. The predicted molar refractivity (Wildman–Crippen MR) is 95.0 cm³/mol. The number of halogens is 2. The molecule has 1 aliphatic rings. The fourth-order valence-electron chi connectivity index (χ4n) is 2.72. The highest BCUT2D eigenvalue weighted by molar-refractivity contribution is 6.55. The lowest BCUT2D eigenvalue weighted by atomic mass is 10.1. The molecule has 6 nitrogen and oxygen atoms in total. The van der Waals surface area contributed by atoms with Gasteiger partial charge in [0.2, 0.25) is 11.7 Å². The summed E-state index contributed by atoms with van der Waals surface area (Å²) in [4.78, 5) is 29.1. The van der Waals surface area contributed by atoms with E-state index in [0.717, 1.165) is 4.68 Å². The molecule has 2 aromatic carbocycles. The molecule has 8 heteroatoms. The maximum Gasteiger partial charge on any atom is 0.278 e. The van der Waals surface area contributed by atoms with E-state index in [1.54, 1.807) is 24.3 Å². The van der Waals surface area contributed by atoms with Gasteiger partial charge < -0.3 is 5.11 Å². The van der Waals surface area contributed by atoms with Crippen LogP contribution in [0.4, 0.5) is 5.69 Å². The monoisotopic (exact) mass is 373 g/mol. The van der Waals surface area contributed by atoms with Crippen LogP contribution in [0.5, 0.6) is 5.88 Å². The van der Waals surface area contributed by atoms with Crippen LogP contribution < -0.4 is 5.56 Å². The third kappa shape index (κ3) is 2.47. The summed E-state index contributed by atoms with van der Waals surface area (Å²) in [5, 5.41) is 13.6. The van der Waals surface area contributed by atoms with Crippen LogP contribution in [0.1, 0.15) is 15.9 Å². The summed E-state index contributed by atoms with van der Waals surface area (Å²) in [6.45, 7) is 0. The lowest BCUT2D eigenvalue weighted by Crippen LogP contribution is -2.18. The zero-order valence-corrected chi connectivity index (χ0v) is 14.0. The molecule has 4 rings (SSSR count). The number of aliphatic imine (C=N–C) groups is 1. The third-order valence-corrected chi connectivity index (χ3v) is 4.25. The zero-order chi connectivity index (χ0) is 17.7. The number of rotatable bonds is 2. The molecule has 3 aromatic rings. The largest absolute Gasteiger partial charge is 0.493 e. The molecular formula is C17H9Cl2N3O3. The number of H-pyrrole nitrogens is 1. The molecule has 1 aliphatic heterocycles. The van der Waals surface area contributed by atoms with Crippen molar-refractivity contribution in [3.05, 3.63) is 74.0 Å².